The van der Waals surface area contributed by atoms with Crippen LogP contribution in [-0.4, -0.2) is 18.5 Å². The molecule has 70 valence electrons. The number of H-pyrrole nitrogens is 1. The molecule has 12 heavy (non-hydrogen) atoms. The van der Waals surface area contributed by atoms with Crippen molar-refractivity contribution in [3.63, 3.8) is 0 Å². The Labute approximate surface area is 71.6 Å². The molecule has 7 heteroatoms. The molecule has 0 unspecified atom stereocenters. The summed E-state index contributed by atoms with van der Waals surface area (Å²) in [7, 11) is 0. The van der Waals surface area contributed by atoms with Crippen molar-refractivity contribution in [2.45, 2.75) is 13.8 Å². The zero-order valence-electron chi connectivity index (χ0n) is 6.64. The fourth-order valence-corrected chi connectivity index (χ4v) is 0.419. The Morgan fingerprint density at radius 3 is 1.92 bits per heavy atom. The van der Waals surface area contributed by atoms with Gasteiger partial charge in [0.1, 0.15) is 0 Å². The number of aryl methyl sites for hydroxylation is 2. The van der Waals surface area contributed by atoms with Gasteiger partial charge in [-0.25, -0.2) is 0 Å². The minimum absolute atomic E-state index is 1.08. The second kappa shape index (κ2) is 4.33. The van der Waals surface area contributed by atoms with Crippen molar-refractivity contribution >= 4 is 0 Å². The van der Waals surface area contributed by atoms with Gasteiger partial charge in [0.2, 0.25) is 0 Å². The van der Waals surface area contributed by atoms with Gasteiger partial charge in [-0.05, 0) is 19.4 Å². The summed E-state index contributed by atoms with van der Waals surface area (Å²) in [6, 6.07) is 0. The van der Waals surface area contributed by atoms with Crippen LogP contribution in [-0.2, 0) is 21.2 Å². The predicted molar refractivity (Wildman–Crippen MR) is 33.9 cm³/mol. The average molecular weight is 214 g/mol. The summed E-state index contributed by atoms with van der Waals surface area (Å²) >= 11 is -5.25. The third-order valence-electron chi connectivity index (χ3n) is 1.08. The summed E-state index contributed by atoms with van der Waals surface area (Å²) in [6.07, 6.45) is 1.88. The number of aromatic amines is 1. The zero-order chi connectivity index (χ0) is 9.78. The molecule has 0 aliphatic heterocycles. The van der Waals surface area contributed by atoms with Crippen LogP contribution in [0, 0.1) is 13.8 Å². The zero-order valence-corrected chi connectivity index (χ0v) is 7.92. The van der Waals surface area contributed by atoms with Crippen LogP contribution >= 0.6 is 0 Å². The number of rotatable bonds is 0. The molecule has 3 N–H and O–H groups in total. The molecule has 0 aromatic carbocycles. The Balaban J connectivity index is 0.000000217. The maximum atomic E-state index is 8.82. The molecule has 1 rings (SSSR count). The van der Waals surface area contributed by atoms with Crippen molar-refractivity contribution in [1.82, 2.24) is 10.2 Å². The quantitative estimate of drug-likeness (QED) is 0.548. The van der Waals surface area contributed by atoms with Crippen LogP contribution < -0.4 is 0 Å². The van der Waals surface area contributed by atoms with Gasteiger partial charge in [0.05, 0.1) is 5.69 Å². The molecule has 1 heterocycles. The Bertz CT molecular complexity index is 304. The Morgan fingerprint density at radius 1 is 1.42 bits per heavy atom. The van der Waals surface area contributed by atoms with E-state index in [1.807, 2.05) is 20.0 Å². The second-order valence-electron chi connectivity index (χ2n) is 2.10. The molecule has 0 radical (unpaired) electrons. The SMILES string of the molecule is Cc1c[nH]nc1C.[O]=[Cr](=[O])([OH])[OH]. The van der Waals surface area contributed by atoms with Gasteiger partial charge in [-0.3, -0.25) is 5.10 Å². The molecule has 0 amide bonds. The van der Waals surface area contributed by atoms with E-state index in [1.54, 1.807) is 0 Å². The molecule has 0 aliphatic rings. The van der Waals surface area contributed by atoms with Crippen molar-refractivity contribution in [1.29, 1.82) is 0 Å². The number of nitrogens with one attached hydrogen (secondary N) is 1. The summed E-state index contributed by atoms with van der Waals surface area (Å²) in [5.74, 6) is 0. The number of hydrogen-bond donors (Lipinski definition) is 3. The summed E-state index contributed by atoms with van der Waals surface area (Å²) in [6.45, 7) is 4.00. The fourth-order valence-electron chi connectivity index (χ4n) is 0.419. The Kier molecular flexibility index (Phi) is 4.06. The van der Waals surface area contributed by atoms with E-state index in [-0.39, 0.29) is 0 Å². The van der Waals surface area contributed by atoms with Gasteiger partial charge in [0.25, 0.3) is 0 Å². The number of hydrogen-bond acceptors (Lipinski definition) is 3. The summed E-state index contributed by atoms with van der Waals surface area (Å²) < 4.78 is 31.9. The summed E-state index contributed by atoms with van der Waals surface area (Å²) in [5.41, 5.74) is 2.31. The molecule has 1 aromatic heterocycles. The first kappa shape index (κ1) is 11.3. The van der Waals surface area contributed by atoms with E-state index in [2.05, 4.69) is 10.2 Å². The van der Waals surface area contributed by atoms with E-state index >= 15 is 0 Å². The molecule has 1 aromatic rings. The molecule has 0 bridgehead atoms. The van der Waals surface area contributed by atoms with Crippen molar-refractivity contribution in [3.8, 4) is 0 Å². The van der Waals surface area contributed by atoms with Crippen molar-refractivity contribution in [2.24, 2.45) is 0 Å². The summed E-state index contributed by atoms with van der Waals surface area (Å²) in [5, 5.41) is 6.64. The number of aromatic nitrogens is 2. The molecular formula is C5H10CrN2O4. The first-order chi connectivity index (χ1) is 5.30. The molecule has 0 atom stereocenters. The first-order valence-corrected chi connectivity index (χ1v) is 5.15. The van der Waals surface area contributed by atoms with Crippen LogP contribution in [0.2, 0.25) is 0 Å². The van der Waals surface area contributed by atoms with E-state index < -0.39 is 13.6 Å². The normalized spacial score (nSPS) is 10.3. The molecule has 0 aliphatic carbocycles. The van der Waals surface area contributed by atoms with E-state index in [4.69, 9.17) is 15.9 Å². The average Bonchev–Trinajstić information content (AvgIpc) is 2.12. The molecule has 0 fully saturated rings. The van der Waals surface area contributed by atoms with Crippen molar-refractivity contribution in [3.05, 3.63) is 17.5 Å². The third kappa shape index (κ3) is 7.37. The third-order valence-corrected chi connectivity index (χ3v) is 1.08. The van der Waals surface area contributed by atoms with E-state index in [1.165, 1.54) is 5.56 Å². The van der Waals surface area contributed by atoms with Gasteiger partial charge in [-0.2, -0.15) is 5.10 Å². The molecule has 0 saturated heterocycles. The Morgan fingerprint density at radius 2 is 1.83 bits per heavy atom. The van der Waals surface area contributed by atoms with Crippen LogP contribution in [0.3, 0.4) is 0 Å². The van der Waals surface area contributed by atoms with E-state index in [0.717, 1.165) is 5.69 Å². The van der Waals surface area contributed by atoms with E-state index in [9.17, 15) is 0 Å². The van der Waals surface area contributed by atoms with Gasteiger partial charge in [-0.15, -0.1) is 0 Å². The van der Waals surface area contributed by atoms with Crippen molar-refractivity contribution < 1.29 is 29.5 Å². The fraction of sp³-hybridized carbons (Fsp3) is 0.400. The molecular weight excluding hydrogens is 204 g/mol. The second-order valence-corrected chi connectivity index (χ2v) is 3.50. The molecule has 0 saturated carbocycles. The van der Waals surface area contributed by atoms with Crippen molar-refractivity contribution in [2.75, 3.05) is 0 Å². The minimum atomic E-state index is -5.25. The van der Waals surface area contributed by atoms with Gasteiger partial charge in [0.15, 0.2) is 0 Å². The summed E-state index contributed by atoms with van der Waals surface area (Å²) in [4.78, 5) is 0. The monoisotopic (exact) mass is 214 g/mol. The van der Waals surface area contributed by atoms with Crippen LogP contribution in [0.15, 0.2) is 6.20 Å². The first-order valence-electron chi connectivity index (χ1n) is 2.97. The Hall–Kier alpha value is -0.738. The van der Waals surface area contributed by atoms with Gasteiger partial charge < -0.3 is 0 Å². The van der Waals surface area contributed by atoms with Crippen LogP contribution in [0.5, 0.6) is 0 Å². The standard InChI is InChI=1S/C5H8N2.Cr.2H2O.2O/c1-4-3-6-7-5(4)2;;;;;/h3H,1-2H3,(H,6,7);;2*1H2;;/q;+2;;;;/p-2. The van der Waals surface area contributed by atoms with E-state index in [0.29, 0.717) is 0 Å². The maximum absolute atomic E-state index is 8.82. The van der Waals surface area contributed by atoms with Gasteiger partial charge in [-0.1, -0.05) is 0 Å². The van der Waals surface area contributed by atoms with Crippen LogP contribution in [0.4, 0.5) is 0 Å². The van der Waals surface area contributed by atoms with Gasteiger partial charge in [0, 0.05) is 6.20 Å². The predicted octanol–water partition coefficient (Wildman–Crippen LogP) is -0.328. The molecule has 0 spiro atoms. The van der Waals surface area contributed by atoms with Crippen LogP contribution in [0.25, 0.3) is 0 Å². The van der Waals surface area contributed by atoms with Crippen LogP contribution in [0.1, 0.15) is 11.3 Å². The number of nitrogens with zero attached hydrogens (tertiary/aromatic N) is 1. The van der Waals surface area contributed by atoms with Gasteiger partial charge >= 0.3 is 29.5 Å². The molecule has 6 nitrogen and oxygen atoms in total. The topological polar surface area (TPSA) is 103 Å².